The van der Waals surface area contributed by atoms with Gasteiger partial charge in [0.25, 0.3) is 0 Å². The van der Waals surface area contributed by atoms with Crippen LogP contribution in [0.2, 0.25) is 0 Å². The number of aliphatic hydroxyl groups is 1. The average molecular weight is 271 g/mol. The monoisotopic (exact) mass is 271 g/mol. The van der Waals surface area contributed by atoms with Gasteiger partial charge in [0.2, 0.25) is 0 Å². The Hall–Kier alpha value is -1.81. The molecule has 1 aliphatic rings. The van der Waals surface area contributed by atoms with Crippen molar-refractivity contribution in [3.8, 4) is 0 Å². The first kappa shape index (κ1) is 13.2. The predicted molar refractivity (Wildman–Crippen MR) is 82.8 cm³/mol. The molecule has 4 heteroatoms. The molecule has 1 aromatic heterocycles. The zero-order valence-electron chi connectivity index (χ0n) is 11.6. The van der Waals surface area contributed by atoms with E-state index in [1.807, 2.05) is 18.3 Å². The molecule has 1 aliphatic carbocycles. The summed E-state index contributed by atoms with van der Waals surface area (Å²) in [6, 6.07) is 6.63. The fraction of sp³-hybridized carbons (Fsp3) is 0.438. The first-order valence-corrected chi connectivity index (χ1v) is 7.31. The third-order valence-electron chi connectivity index (χ3n) is 4.21. The van der Waals surface area contributed by atoms with Gasteiger partial charge in [-0.05, 0) is 43.9 Å². The summed E-state index contributed by atoms with van der Waals surface area (Å²) in [5, 5.41) is 11.3. The molecule has 3 rings (SSSR count). The Balaban J connectivity index is 2.03. The van der Waals surface area contributed by atoms with Crippen LogP contribution in [-0.4, -0.2) is 29.3 Å². The quantitative estimate of drug-likeness (QED) is 0.820. The number of nitrogen functional groups attached to an aromatic ring is 1. The third kappa shape index (κ3) is 2.31. The molecule has 3 N–H and O–H groups in total. The van der Waals surface area contributed by atoms with Crippen LogP contribution in [0.4, 0.5) is 11.4 Å². The standard InChI is InChI=1S/C16H21N3O/c17-15-5-6-16(14-11-18-8-7-13(14)15)19(9-2-10-20)12-3-1-4-12/h5-8,11-12,20H,1-4,9-10,17H2. The van der Waals surface area contributed by atoms with Crippen molar-refractivity contribution in [1.82, 2.24) is 4.98 Å². The highest BCUT2D eigenvalue weighted by atomic mass is 16.3. The molecule has 1 saturated carbocycles. The van der Waals surface area contributed by atoms with E-state index in [1.54, 1.807) is 6.20 Å². The van der Waals surface area contributed by atoms with E-state index in [4.69, 9.17) is 10.8 Å². The molecule has 0 aliphatic heterocycles. The molecule has 0 unspecified atom stereocenters. The van der Waals surface area contributed by atoms with Crippen molar-refractivity contribution in [2.45, 2.75) is 31.7 Å². The van der Waals surface area contributed by atoms with Gasteiger partial charge in [0, 0.05) is 53.7 Å². The topological polar surface area (TPSA) is 62.4 Å². The zero-order chi connectivity index (χ0) is 13.9. The van der Waals surface area contributed by atoms with Gasteiger partial charge in [0.1, 0.15) is 0 Å². The summed E-state index contributed by atoms with van der Waals surface area (Å²) in [5.74, 6) is 0. The third-order valence-corrected chi connectivity index (χ3v) is 4.21. The van der Waals surface area contributed by atoms with Gasteiger partial charge in [-0.2, -0.15) is 0 Å². The molecule has 1 aromatic carbocycles. The van der Waals surface area contributed by atoms with Crippen LogP contribution in [0.3, 0.4) is 0 Å². The van der Waals surface area contributed by atoms with E-state index in [1.165, 1.54) is 24.9 Å². The molecule has 0 saturated heterocycles. The number of nitrogens with zero attached hydrogens (tertiary/aromatic N) is 2. The fourth-order valence-electron chi connectivity index (χ4n) is 2.89. The predicted octanol–water partition coefficient (Wildman–Crippen LogP) is 2.56. The Morgan fingerprint density at radius 3 is 2.80 bits per heavy atom. The summed E-state index contributed by atoms with van der Waals surface area (Å²) in [4.78, 5) is 6.67. The molecule has 0 amide bonds. The van der Waals surface area contributed by atoms with E-state index in [9.17, 15) is 0 Å². The number of fused-ring (bicyclic) bond motifs is 1. The van der Waals surface area contributed by atoms with Crippen molar-refractivity contribution in [2.24, 2.45) is 0 Å². The Bertz CT molecular complexity index is 595. The van der Waals surface area contributed by atoms with Crippen LogP contribution < -0.4 is 10.6 Å². The van der Waals surface area contributed by atoms with Crippen molar-refractivity contribution < 1.29 is 5.11 Å². The average Bonchev–Trinajstić information content (AvgIpc) is 2.42. The molecule has 4 nitrogen and oxygen atoms in total. The maximum absolute atomic E-state index is 9.13. The molecule has 0 radical (unpaired) electrons. The molecule has 0 spiro atoms. The van der Waals surface area contributed by atoms with Crippen molar-refractivity contribution in [3.05, 3.63) is 30.6 Å². The summed E-state index contributed by atoms with van der Waals surface area (Å²) >= 11 is 0. The van der Waals surface area contributed by atoms with E-state index < -0.39 is 0 Å². The van der Waals surface area contributed by atoms with Crippen LogP contribution in [-0.2, 0) is 0 Å². The number of rotatable bonds is 5. The highest BCUT2D eigenvalue weighted by Gasteiger charge is 2.26. The first-order valence-electron chi connectivity index (χ1n) is 7.31. The Morgan fingerprint density at radius 1 is 1.25 bits per heavy atom. The summed E-state index contributed by atoms with van der Waals surface area (Å²) in [6.07, 6.45) is 8.23. The molecule has 1 fully saturated rings. The number of pyridine rings is 1. The smallest absolute Gasteiger partial charge is 0.0465 e. The van der Waals surface area contributed by atoms with Crippen LogP contribution in [0, 0.1) is 0 Å². The Labute approximate surface area is 119 Å². The number of benzene rings is 1. The minimum atomic E-state index is 0.231. The minimum absolute atomic E-state index is 0.231. The second kappa shape index (κ2) is 5.67. The number of nitrogens with two attached hydrogens (primary N) is 1. The number of hydrogen-bond donors (Lipinski definition) is 2. The van der Waals surface area contributed by atoms with Crippen LogP contribution in [0.5, 0.6) is 0 Å². The van der Waals surface area contributed by atoms with Crippen LogP contribution in [0.1, 0.15) is 25.7 Å². The maximum atomic E-state index is 9.13. The Kier molecular flexibility index (Phi) is 3.74. The lowest BCUT2D eigenvalue weighted by molar-refractivity contribution is 0.283. The van der Waals surface area contributed by atoms with Gasteiger partial charge >= 0.3 is 0 Å². The maximum Gasteiger partial charge on any atom is 0.0465 e. The summed E-state index contributed by atoms with van der Waals surface area (Å²) in [6.45, 7) is 1.11. The van der Waals surface area contributed by atoms with Gasteiger partial charge in [0.05, 0.1) is 0 Å². The molecule has 1 heterocycles. The number of hydrogen-bond acceptors (Lipinski definition) is 4. The number of anilines is 2. The van der Waals surface area contributed by atoms with Crippen molar-refractivity contribution in [1.29, 1.82) is 0 Å². The highest BCUT2D eigenvalue weighted by molar-refractivity contribution is 6.00. The second-order valence-electron chi connectivity index (χ2n) is 5.45. The van der Waals surface area contributed by atoms with E-state index in [0.717, 1.165) is 29.4 Å². The van der Waals surface area contributed by atoms with Gasteiger partial charge in [0.15, 0.2) is 0 Å². The minimum Gasteiger partial charge on any atom is -0.398 e. The van der Waals surface area contributed by atoms with Crippen LogP contribution >= 0.6 is 0 Å². The molecule has 0 bridgehead atoms. The highest BCUT2D eigenvalue weighted by Crippen LogP contribution is 2.35. The summed E-state index contributed by atoms with van der Waals surface area (Å²) < 4.78 is 0. The molecular formula is C16H21N3O. The summed E-state index contributed by atoms with van der Waals surface area (Å²) in [7, 11) is 0. The van der Waals surface area contributed by atoms with E-state index in [2.05, 4.69) is 16.0 Å². The number of aliphatic hydroxyl groups excluding tert-OH is 1. The van der Waals surface area contributed by atoms with Gasteiger partial charge in [-0.25, -0.2) is 0 Å². The van der Waals surface area contributed by atoms with Gasteiger partial charge < -0.3 is 15.7 Å². The van der Waals surface area contributed by atoms with Crippen molar-refractivity contribution in [2.75, 3.05) is 23.8 Å². The Morgan fingerprint density at radius 2 is 2.10 bits per heavy atom. The lowest BCUT2D eigenvalue weighted by Gasteiger charge is -2.40. The van der Waals surface area contributed by atoms with E-state index in [-0.39, 0.29) is 6.61 Å². The summed E-state index contributed by atoms with van der Waals surface area (Å²) in [5.41, 5.74) is 8.05. The van der Waals surface area contributed by atoms with Crippen molar-refractivity contribution >= 4 is 22.1 Å². The zero-order valence-corrected chi connectivity index (χ0v) is 11.6. The molecule has 20 heavy (non-hydrogen) atoms. The van der Waals surface area contributed by atoms with Gasteiger partial charge in [-0.3, -0.25) is 4.98 Å². The van der Waals surface area contributed by atoms with E-state index >= 15 is 0 Å². The molecule has 0 atom stereocenters. The lowest BCUT2D eigenvalue weighted by atomic mass is 9.90. The molecule has 106 valence electrons. The van der Waals surface area contributed by atoms with Crippen LogP contribution in [0.25, 0.3) is 10.8 Å². The largest absolute Gasteiger partial charge is 0.398 e. The first-order chi connectivity index (χ1) is 9.81. The van der Waals surface area contributed by atoms with Gasteiger partial charge in [-0.1, -0.05) is 0 Å². The number of aromatic nitrogens is 1. The lowest BCUT2D eigenvalue weighted by Crippen LogP contribution is -2.41. The second-order valence-corrected chi connectivity index (χ2v) is 5.45. The SMILES string of the molecule is Nc1ccc(N(CCCO)C2CCC2)c2cnccc12. The van der Waals surface area contributed by atoms with Gasteiger partial charge in [-0.15, -0.1) is 0 Å². The van der Waals surface area contributed by atoms with Crippen molar-refractivity contribution in [3.63, 3.8) is 0 Å². The molecular weight excluding hydrogens is 250 g/mol. The fourth-order valence-corrected chi connectivity index (χ4v) is 2.89. The molecule has 2 aromatic rings. The normalized spacial score (nSPS) is 15.2. The van der Waals surface area contributed by atoms with Crippen LogP contribution in [0.15, 0.2) is 30.6 Å². The van der Waals surface area contributed by atoms with E-state index in [0.29, 0.717) is 6.04 Å².